The van der Waals surface area contributed by atoms with Crippen molar-refractivity contribution in [2.45, 2.75) is 26.4 Å². The Labute approximate surface area is 125 Å². The zero-order chi connectivity index (χ0) is 14.7. The number of nitrogens with zero attached hydrogens (tertiary/aromatic N) is 1. The average molecular weight is 343 g/mol. The van der Waals surface area contributed by atoms with Gasteiger partial charge in [0.05, 0.1) is 11.0 Å². The van der Waals surface area contributed by atoms with Crippen molar-refractivity contribution in [2.24, 2.45) is 0 Å². The smallest absolute Gasteiger partial charge is 0.145 e. The van der Waals surface area contributed by atoms with E-state index in [0.717, 1.165) is 12.2 Å². The molecule has 0 saturated heterocycles. The minimum absolute atomic E-state index is 0.0699. The van der Waals surface area contributed by atoms with Crippen LogP contribution < -0.4 is 5.32 Å². The Bertz CT molecular complexity index is 596. The van der Waals surface area contributed by atoms with Crippen molar-refractivity contribution in [3.8, 4) is 0 Å². The molecule has 108 valence electrons. The van der Waals surface area contributed by atoms with Gasteiger partial charge in [-0.05, 0) is 53.7 Å². The maximum Gasteiger partial charge on any atom is 0.145 e. The Morgan fingerprint density at radius 1 is 1.30 bits per heavy atom. The highest BCUT2D eigenvalue weighted by atomic mass is 79.9. The molecule has 20 heavy (non-hydrogen) atoms. The van der Waals surface area contributed by atoms with Crippen molar-refractivity contribution < 1.29 is 8.78 Å². The molecule has 1 unspecified atom stereocenters. The van der Waals surface area contributed by atoms with Gasteiger partial charge >= 0.3 is 0 Å². The van der Waals surface area contributed by atoms with Crippen LogP contribution in [0.15, 0.2) is 34.9 Å². The molecule has 0 bridgehead atoms. The SMILES string of the molecule is CCNC(C)c1cccn1Cc1c(F)ccc(Br)c1F. The minimum Gasteiger partial charge on any atom is -0.345 e. The third-order valence-electron chi connectivity index (χ3n) is 3.29. The lowest BCUT2D eigenvalue weighted by molar-refractivity contribution is 0.519. The summed E-state index contributed by atoms with van der Waals surface area (Å²) < 4.78 is 30.0. The van der Waals surface area contributed by atoms with Crippen LogP contribution in [0.4, 0.5) is 8.78 Å². The second kappa shape index (κ2) is 6.50. The van der Waals surface area contributed by atoms with Crippen molar-refractivity contribution in [2.75, 3.05) is 6.54 Å². The second-order valence-corrected chi connectivity index (χ2v) is 5.52. The maximum atomic E-state index is 14.0. The zero-order valence-electron chi connectivity index (χ0n) is 11.5. The number of halogens is 3. The van der Waals surface area contributed by atoms with E-state index in [2.05, 4.69) is 21.2 Å². The van der Waals surface area contributed by atoms with E-state index in [0.29, 0.717) is 0 Å². The fraction of sp³-hybridized carbons (Fsp3) is 0.333. The summed E-state index contributed by atoms with van der Waals surface area (Å²) in [5.41, 5.74) is 1.08. The van der Waals surface area contributed by atoms with Crippen molar-refractivity contribution in [3.63, 3.8) is 0 Å². The molecule has 0 saturated carbocycles. The summed E-state index contributed by atoms with van der Waals surface area (Å²) in [5.74, 6) is -1.07. The Morgan fingerprint density at radius 2 is 2.05 bits per heavy atom. The first-order chi connectivity index (χ1) is 9.54. The molecule has 1 atom stereocenters. The predicted octanol–water partition coefficient (Wildman–Crippen LogP) is 4.25. The topological polar surface area (TPSA) is 17.0 Å². The molecular formula is C15H17BrF2N2. The van der Waals surface area contributed by atoms with E-state index in [1.165, 1.54) is 12.1 Å². The highest BCUT2D eigenvalue weighted by molar-refractivity contribution is 9.10. The van der Waals surface area contributed by atoms with Crippen LogP contribution in [-0.2, 0) is 6.54 Å². The van der Waals surface area contributed by atoms with Crippen LogP contribution in [0.25, 0.3) is 0 Å². The van der Waals surface area contributed by atoms with Crippen LogP contribution in [0, 0.1) is 11.6 Å². The van der Waals surface area contributed by atoms with Crippen LogP contribution in [0.3, 0.4) is 0 Å². The highest BCUT2D eigenvalue weighted by Crippen LogP contribution is 2.24. The molecule has 0 spiro atoms. The second-order valence-electron chi connectivity index (χ2n) is 4.66. The molecule has 0 radical (unpaired) electrons. The summed E-state index contributed by atoms with van der Waals surface area (Å²) in [6.45, 7) is 5.07. The van der Waals surface area contributed by atoms with Gasteiger partial charge in [-0.1, -0.05) is 6.92 Å². The lowest BCUT2D eigenvalue weighted by Crippen LogP contribution is -2.21. The Hall–Kier alpha value is -1.20. The van der Waals surface area contributed by atoms with E-state index in [4.69, 9.17) is 0 Å². The van der Waals surface area contributed by atoms with Gasteiger partial charge in [-0.15, -0.1) is 0 Å². The molecule has 2 nitrogen and oxygen atoms in total. The van der Waals surface area contributed by atoms with E-state index >= 15 is 0 Å². The van der Waals surface area contributed by atoms with Gasteiger partial charge in [0, 0.05) is 23.5 Å². The van der Waals surface area contributed by atoms with Gasteiger partial charge in [-0.25, -0.2) is 8.78 Å². The van der Waals surface area contributed by atoms with E-state index in [-0.39, 0.29) is 22.6 Å². The fourth-order valence-electron chi connectivity index (χ4n) is 2.26. The first-order valence-electron chi connectivity index (χ1n) is 6.55. The quantitative estimate of drug-likeness (QED) is 0.804. The molecule has 1 aromatic heterocycles. The summed E-state index contributed by atoms with van der Waals surface area (Å²) in [6.07, 6.45) is 1.84. The number of benzene rings is 1. The zero-order valence-corrected chi connectivity index (χ0v) is 13.0. The van der Waals surface area contributed by atoms with Crippen molar-refractivity contribution in [1.29, 1.82) is 0 Å². The number of nitrogens with one attached hydrogen (secondary N) is 1. The third kappa shape index (κ3) is 3.10. The standard InChI is InChI=1S/C15H17BrF2N2/c1-3-19-10(2)14-5-4-8-20(14)9-11-13(17)7-6-12(16)15(11)18/h4-8,10,19H,3,9H2,1-2H3. The third-order valence-corrected chi connectivity index (χ3v) is 3.90. The molecule has 2 aromatic rings. The first-order valence-corrected chi connectivity index (χ1v) is 7.34. The normalized spacial score (nSPS) is 12.7. The van der Waals surface area contributed by atoms with Gasteiger partial charge < -0.3 is 9.88 Å². The predicted molar refractivity (Wildman–Crippen MR) is 79.7 cm³/mol. The van der Waals surface area contributed by atoms with Gasteiger partial charge in [0.25, 0.3) is 0 Å². The molecule has 2 rings (SSSR count). The summed E-state index contributed by atoms with van der Waals surface area (Å²) in [6, 6.07) is 6.64. The fourth-order valence-corrected chi connectivity index (χ4v) is 2.63. The Balaban J connectivity index is 2.32. The molecule has 1 aromatic carbocycles. The molecule has 0 aliphatic carbocycles. The van der Waals surface area contributed by atoms with Gasteiger partial charge in [-0.2, -0.15) is 0 Å². The first kappa shape index (κ1) is 15.2. The molecule has 0 fully saturated rings. The number of rotatable bonds is 5. The summed E-state index contributed by atoms with van der Waals surface area (Å²) in [4.78, 5) is 0. The Morgan fingerprint density at radius 3 is 2.75 bits per heavy atom. The van der Waals surface area contributed by atoms with E-state index in [1.54, 1.807) is 0 Å². The summed E-state index contributed by atoms with van der Waals surface area (Å²) >= 11 is 3.09. The molecule has 0 aliphatic rings. The molecule has 1 heterocycles. The van der Waals surface area contributed by atoms with Gasteiger partial charge in [-0.3, -0.25) is 0 Å². The summed E-state index contributed by atoms with van der Waals surface area (Å²) in [7, 11) is 0. The lowest BCUT2D eigenvalue weighted by Gasteiger charge is -2.17. The van der Waals surface area contributed by atoms with E-state index in [1.807, 2.05) is 36.7 Å². The van der Waals surface area contributed by atoms with Gasteiger partial charge in [0.15, 0.2) is 0 Å². The molecule has 0 aliphatic heterocycles. The largest absolute Gasteiger partial charge is 0.345 e. The van der Waals surface area contributed by atoms with Crippen LogP contribution in [0.5, 0.6) is 0 Å². The number of hydrogen-bond donors (Lipinski definition) is 1. The molecule has 5 heteroatoms. The van der Waals surface area contributed by atoms with E-state index in [9.17, 15) is 8.78 Å². The van der Waals surface area contributed by atoms with Crippen molar-refractivity contribution >= 4 is 15.9 Å². The van der Waals surface area contributed by atoms with Gasteiger partial charge in [0.1, 0.15) is 11.6 Å². The van der Waals surface area contributed by atoms with Gasteiger partial charge in [0.2, 0.25) is 0 Å². The molecule has 0 amide bonds. The van der Waals surface area contributed by atoms with Crippen LogP contribution in [0.2, 0.25) is 0 Å². The van der Waals surface area contributed by atoms with Crippen LogP contribution in [-0.4, -0.2) is 11.1 Å². The number of hydrogen-bond acceptors (Lipinski definition) is 1. The highest BCUT2D eigenvalue weighted by Gasteiger charge is 2.15. The average Bonchev–Trinajstić information content (AvgIpc) is 2.88. The van der Waals surface area contributed by atoms with Crippen molar-refractivity contribution in [1.82, 2.24) is 9.88 Å². The lowest BCUT2D eigenvalue weighted by atomic mass is 10.1. The minimum atomic E-state index is -0.541. The summed E-state index contributed by atoms with van der Waals surface area (Å²) in [5, 5.41) is 3.30. The Kier molecular flexibility index (Phi) is 4.94. The maximum absolute atomic E-state index is 14.0. The van der Waals surface area contributed by atoms with Crippen LogP contribution in [0.1, 0.15) is 31.1 Å². The molecular weight excluding hydrogens is 326 g/mol. The van der Waals surface area contributed by atoms with E-state index < -0.39 is 11.6 Å². The molecule has 1 N–H and O–H groups in total. The monoisotopic (exact) mass is 342 g/mol. The number of aromatic nitrogens is 1. The van der Waals surface area contributed by atoms with Crippen molar-refractivity contribution in [3.05, 3.63) is 57.8 Å². The van der Waals surface area contributed by atoms with Crippen LogP contribution >= 0.6 is 15.9 Å².